The minimum atomic E-state index is -4.64. The fraction of sp³-hybridized carbons (Fsp3) is 0.381. The molecule has 0 heterocycles. The number of benzene rings is 2. The monoisotopic (exact) mass is 504 g/mol. The van der Waals surface area contributed by atoms with Crippen molar-refractivity contribution in [3.05, 3.63) is 66.2 Å². The van der Waals surface area contributed by atoms with Gasteiger partial charge < -0.3 is 9.29 Å². The first-order chi connectivity index (χ1) is 15.4. The van der Waals surface area contributed by atoms with Crippen molar-refractivity contribution in [3.63, 3.8) is 0 Å². The second-order valence-corrected chi connectivity index (χ2v) is 10.6. The van der Waals surface area contributed by atoms with Crippen molar-refractivity contribution in [1.29, 1.82) is 0 Å². The summed E-state index contributed by atoms with van der Waals surface area (Å²) < 4.78 is 97.1. The molecule has 2 unspecified atom stereocenters. The van der Waals surface area contributed by atoms with Gasteiger partial charge in [0.2, 0.25) is 11.8 Å². The topological polar surface area (TPSA) is 104 Å². The Labute approximate surface area is 192 Å². The normalized spacial score (nSPS) is 19.7. The lowest BCUT2D eigenvalue weighted by atomic mass is 9.92. The van der Waals surface area contributed by atoms with E-state index in [9.17, 15) is 30.8 Å². The summed E-state index contributed by atoms with van der Waals surface area (Å²) in [6.07, 6.45) is -5.01. The Balaban J connectivity index is 1.94. The first kappa shape index (κ1) is 25.5. The number of alkyl halides is 3. The van der Waals surface area contributed by atoms with E-state index in [1.54, 1.807) is 6.07 Å². The molecule has 2 aromatic carbocycles. The van der Waals surface area contributed by atoms with Crippen LogP contribution in [0.15, 0.2) is 65.6 Å². The standard InChI is InChI=1S/C21H22F3NO6S2/c22-20(23)11-13-21(24,14-12-20)31-18(19(26)16-7-3-1-4-8-16)15-25(32(27)28)33(29,30)17-9-5-2-6-10-17/h1-10,18H,11-15H2,(H,27,28)/p-1. The number of rotatable bonds is 9. The molecule has 0 radical (unpaired) electrons. The van der Waals surface area contributed by atoms with E-state index < -0.39 is 77.2 Å². The number of nitrogens with zero attached hydrogens (tertiary/aromatic N) is 1. The zero-order valence-corrected chi connectivity index (χ0v) is 18.9. The average Bonchev–Trinajstić information content (AvgIpc) is 2.79. The van der Waals surface area contributed by atoms with Crippen molar-refractivity contribution in [3.8, 4) is 0 Å². The maximum Gasteiger partial charge on any atom is 0.253 e. The largest absolute Gasteiger partial charge is 0.759 e. The molecule has 7 nitrogen and oxygen atoms in total. The van der Waals surface area contributed by atoms with Crippen molar-refractivity contribution >= 4 is 27.1 Å². The molecule has 3 rings (SSSR count). The summed E-state index contributed by atoms with van der Waals surface area (Å²) in [6, 6.07) is 13.9. The van der Waals surface area contributed by atoms with Crippen LogP contribution in [0.2, 0.25) is 0 Å². The van der Waals surface area contributed by atoms with Crippen molar-refractivity contribution < 1.29 is 39.9 Å². The van der Waals surface area contributed by atoms with Crippen LogP contribution in [0.1, 0.15) is 36.0 Å². The van der Waals surface area contributed by atoms with Crippen LogP contribution in [-0.4, -0.2) is 51.1 Å². The Morgan fingerprint density at radius 2 is 1.52 bits per heavy atom. The molecular formula is C21H21F3NO6S2-. The van der Waals surface area contributed by atoms with Crippen molar-refractivity contribution in [2.24, 2.45) is 0 Å². The molecule has 1 fully saturated rings. The van der Waals surface area contributed by atoms with E-state index in [4.69, 9.17) is 4.74 Å². The summed E-state index contributed by atoms with van der Waals surface area (Å²) in [5, 5.41) is 0. The molecule has 1 aliphatic carbocycles. The number of carbonyl (C=O) groups excluding carboxylic acids is 1. The van der Waals surface area contributed by atoms with Crippen molar-refractivity contribution in [1.82, 2.24) is 3.71 Å². The predicted octanol–water partition coefficient (Wildman–Crippen LogP) is 3.61. The van der Waals surface area contributed by atoms with Crippen LogP contribution in [0.25, 0.3) is 0 Å². The van der Waals surface area contributed by atoms with Gasteiger partial charge in [-0.05, 0) is 12.1 Å². The lowest BCUT2D eigenvalue weighted by molar-refractivity contribution is -0.213. The summed E-state index contributed by atoms with van der Waals surface area (Å²) in [4.78, 5) is 12.7. The maximum absolute atomic E-state index is 15.3. The third-order valence-corrected chi connectivity index (χ3v) is 8.21. The molecule has 0 amide bonds. The number of ketones is 1. The number of ether oxygens (including phenoxy) is 1. The number of hydrogen-bond donors (Lipinski definition) is 0. The number of Topliss-reactive ketones (excluding diaryl/α,β-unsaturated/α-hetero) is 1. The smallest absolute Gasteiger partial charge is 0.253 e. The quantitative estimate of drug-likeness (QED) is 0.382. The molecule has 0 aromatic heterocycles. The van der Waals surface area contributed by atoms with E-state index in [0.717, 1.165) is 12.1 Å². The Hall–Kier alpha value is -2.12. The Morgan fingerprint density at radius 3 is 2.03 bits per heavy atom. The van der Waals surface area contributed by atoms with Crippen LogP contribution in [0, 0.1) is 0 Å². The highest BCUT2D eigenvalue weighted by atomic mass is 32.3. The van der Waals surface area contributed by atoms with E-state index in [-0.39, 0.29) is 14.2 Å². The summed E-state index contributed by atoms with van der Waals surface area (Å²) in [7, 11) is -4.64. The molecule has 0 spiro atoms. The van der Waals surface area contributed by atoms with Crippen molar-refractivity contribution in [2.75, 3.05) is 6.54 Å². The highest BCUT2D eigenvalue weighted by Crippen LogP contribution is 2.42. The molecule has 12 heteroatoms. The molecule has 1 aliphatic rings. The Bertz CT molecular complexity index is 1090. The van der Waals surface area contributed by atoms with Gasteiger partial charge in [-0.1, -0.05) is 48.5 Å². The summed E-state index contributed by atoms with van der Waals surface area (Å²) >= 11 is -3.38. The van der Waals surface area contributed by atoms with Gasteiger partial charge in [0.05, 0.1) is 11.4 Å². The zero-order chi connectivity index (χ0) is 24.3. The SMILES string of the molecule is O=C(c1ccccc1)C(CN(S(=O)[O-])S(=O)(=O)c1ccccc1)OC1(F)CCC(F)(F)CC1. The van der Waals surface area contributed by atoms with E-state index in [1.807, 2.05) is 0 Å². The fourth-order valence-electron chi connectivity index (χ4n) is 3.41. The first-order valence-electron chi connectivity index (χ1n) is 9.95. The Morgan fingerprint density at radius 1 is 1.00 bits per heavy atom. The van der Waals surface area contributed by atoms with Gasteiger partial charge in [-0.15, -0.1) is 3.71 Å². The van der Waals surface area contributed by atoms with Crippen LogP contribution >= 0.6 is 0 Å². The Kier molecular flexibility index (Phi) is 7.74. The number of carbonyl (C=O) groups is 1. The molecule has 0 bridgehead atoms. The summed E-state index contributed by atoms with van der Waals surface area (Å²) in [5.74, 6) is -6.62. The fourth-order valence-corrected chi connectivity index (χ4v) is 5.63. The number of hydrogen-bond acceptors (Lipinski definition) is 6. The van der Waals surface area contributed by atoms with Gasteiger partial charge in [-0.2, -0.15) is 0 Å². The van der Waals surface area contributed by atoms with Crippen LogP contribution in [0.3, 0.4) is 0 Å². The molecule has 0 saturated heterocycles. The highest BCUT2D eigenvalue weighted by molar-refractivity contribution is 7.99. The third-order valence-electron chi connectivity index (χ3n) is 5.22. The van der Waals surface area contributed by atoms with Crippen LogP contribution in [0.5, 0.6) is 0 Å². The van der Waals surface area contributed by atoms with Crippen LogP contribution in [-0.2, 0) is 26.0 Å². The molecule has 180 valence electrons. The first-order valence-corrected chi connectivity index (χ1v) is 12.4. The molecule has 33 heavy (non-hydrogen) atoms. The average molecular weight is 505 g/mol. The van der Waals surface area contributed by atoms with Gasteiger partial charge in [0.15, 0.2) is 5.78 Å². The molecule has 2 aromatic rings. The molecular weight excluding hydrogens is 483 g/mol. The van der Waals surface area contributed by atoms with Crippen LogP contribution < -0.4 is 0 Å². The van der Waals surface area contributed by atoms with Gasteiger partial charge in [-0.3, -0.25) is 9.00 Å². The molecule has 0 aliphatic heterocycles. The number of halogens is 3. The van der Waals surface area contributed by atoms with Gasteiger partial charge in [0.25, 0.3) is 10.0 Å². The van der Waals surface area contributed by atoms with E-state index in [0.29, 0.717) is 0 Å². The summed E-state index contributed by atoms with van der Waals surface area (Å²) in [5.41, 5.74) is 0.0148. The molecule has 2 atom stereocenters. The van der Waals surface area contributed by atoms with Gasteiger partial charge in [0.1, 0.15) is 6.10 Å². The minimum absolute atomic E-state index is 0.00533. The third kappa shape index (κ3) is 6.27. The van der Waals surface area contributed by atoms with Crippen molar-refractivity contribution in [2.45, 2.75) is 48.5 Å². The van der Waals surface area contributed by atoms with E-state index in [2.05, 4.69) is 0 Å². The van der Waals surface area contributed by atoms with E-state index >= 15 is 4.39 Å². The lowest BCUT2D eigenvalue weighted by Crippen LogP contribution is -2.48. The zero-order valence-electron chi connectivity index (χ0n) is 17.2. The predicted molar refractivity (Wildman–Crippen MR) is 112 cm³/mol. The maximum atomic E-state index is 15.3. The minimum Gasteiger partial charge on any atom is -0.759 e. The van der Waals surface area contributed by atoms with E-state index in [1.165, 1.54) is 42.5 Å². The lowest BCUT2D eigenvalue weighted by Gasteiger charge is -2.37. The van der Waals surface area contributed by atoms with Gasteiger partial charge in [0, 0.05) is 42.5 Å². The highest BCUT2D eigenvalue weighted by Gasteiger charge is 2.47. The molecule has 1 saturated carbocycles. The second-order valence-electron chi connectivity index (χ2n) is 7.60. The van der Waals surface area contributed by atoms with Crippen LogP contribution in [0.4, 0.5) is 13.2 Å². The number of sulfonamides is 1. The second kappa shape index (κ2) is 10.0. The van der Waals surface area contributed by atoms with Gasteiger partial charge in [-0.25, -0.2) is 21.6 Å². The van der Waals surface area contributed by atoms with Gasteiger partial charge >= 0.3 is 0 Å². The molecule has 0 N–H and O–H groups in total. The summed E-state index contributed by atoms with van der Waals surface area (Å²) in [6.45, 7) is -1.07.